The minimum atomic E-state index is -4.40. The van der Waals surface area contributed by atoms with Gasteiger partial charge in [-0.3, -0.25) is 9.69 Å². The molecule has 0 saturated carbocycles. The lowest BCUT2D eigenvalue weighted by Gasteiger charge is -2.23. The molecule has 1 aromatic carbocycles. The van der Waals surface area contributed by atoms with Crippen LogP contribution in [0, 0.1) is 6.92 Å². The van der Waals surface area contributed by atoms with E-state index >= 15 is 0 Å². The quantitative estimate of drug-likeness (QED) is 0.804. The molecule has 0 aliphatic carbocycles. The number of amides is 1. The lowest BCUT2D eigenvalue weighted by Crippen LogP contribution is -2.40. The molecule has 1 amide bonds. The highest BCUT2D eigenvalue weighted by Crippen LogP contribution is 2.23. The van der Waals surface area contributed by atoms with Crippen LogP contribution in [0.2, 0.25) is 5.02 Å². The van der Waals surface area contributed by atoms with Gasteiger partial charge in [0.2, 0.25) is 5.91 Å². The summed E-state index contributed by atoms with van der Waals surface area (Å²) in [6.45, 7) is -0.154. The van der Waals surface area contributed by atoms with E-state index in [1.54, 1.807) is 25.1 Å². The highest BCUT2D eigenvalue weighted by atomic mass is 35.5. The average molecular weight is 339 g/mol. The van der Waals surface area contributed by atoms with Gasteiger partial charge in [0.1, 0.15) is 0 Å². The molecule has 0 bridgehead atoms. The van der Waals surface area contributed by atoms with Crippen LogP contribution < -0.4 is 5.32 Å². The highest BCUT2D eigenvalue weighted by molar-refractivity contribution is 6.31. The summed E-state index contributed by atoms with van der Waals surface area (Å²) >= 11 is 5.92. The molecule has 0 aliphatic heterocycles. The third kappa shape index (κ3) is 6.64. The Morgan fingerprint density at radius 3 is 2.68 bits per heavy atom. The van der Waals surface area contributed by atoms with Gasteiger partial charge in [0.25, 0.3) is 0 Å². The van der Waals surface area contributed by atoms with Gasteiger partial charge in [-0.25, -0.2) is 0 Å². The topological polar surface area (TPSA) is 52.6 Å². The number of carbonyl (C=O) groups excluding carboxylic acids is 1. The van der Waals surface area contributed by atoms with Crippen molar-refractivity contribution in [1.82, 2.24) is 4.90 Å². The maximum atomic E-state index is 12.5. The SMILES string of the molecule is Cc1c(Cl)cccc1NC(=O)CN(CCCO)CC(F)(F)F. The van der Waals surface area contributed by atoms with Gasteiger partial charge in [-0.2, -0.15) is 13.2 Å². The minimum absolute atomic E-state index is 0.0159. The van der Waals surface area contributed by atoms with E-state index in [0.29, 0.717) is 16.3 Å². The normalized spacial score (nSPS) is 11.8. The molecule has 8 heteroatoms. The Kier molecular flexibility index (Phi) is 7.12. The molecule has 0 aliphatic rings. The van der Waals surface area contributed by atoms with E-state index in [1.165, 1.54) is 0 Å². The predicted octanol–water partition coefficient (Wildman–Crippen LogP) is 2.83. The number of aliphatic hydroxyl groups is 1. The molecule has 0 atom stereocenters. The summed E-state index contributed by atoms with van der Waals surface area (Å²) in [7, 11) is 0. The molecule has 0 aromatic heterocycles. The Bertz CT molecular complexity index is 509. The van der Waals surface area contributed by atoms with Gasteiger partial charge < -0.3 is 10.4 Å². The van der Waals surface area contributed by atoms with E-state index in [1.807, 2.05) is 0 Å². The number of aliphatic hydroxyl groups excluding tert-OH is 1. The van der Waals surface area contributed by atoms with Gasteiger partial charge in [-0.05, 0) is 31.0 Å². The molecule has 0 unspecified atom stereocenters. The highest BCUT2D eigenvalue weighted by Gasteiger charge is 2.31. The zero-order valence-corrected chi connectivity index (χ0v) is 12.8. The van der Waals surface area contributed by atoms with E-state index < -0.39 is 25.2 Å². The number of nitrogens with zero attached hydrogens (tertiary/aromatic N) is 1. The number of rotatable bonds is 7. The van der Waals surface area contributed by atoms with Crippen molar-refractivity contribution in [3.63, 3.8) is 0 Å². The summed E-state index contributed by atoms with van der Waals surface area (Å²) in [6.07, 6.45) is -4.23. The Labute approximate surface area is 131 Å². The van der Waals surface area contributed by atoms with E-state index in [9.17, 15) is 18.0 Å². The predicted molar refractivity (Wildman–Crippen MR) is 79.0 cm³/mol. The summed E-state index contributed by atoms with van der Waals surface area (Å²) < 4.78 is 37.4. The van der Waals surface area contributed by atoms with Crippen molar-refractivity contribution >= 4 is 23.2 Å². The number of benzene rings is 1. The van der Waals surface area contributed by atoms with Crippen LogP contribution in [0.25, 0.3) is 0 Å². The fraction of sp³-hybridized carbons (Fsp3) is 0.500. The Morgan fingerprint density at radius 2 is 2.09 bits per heavy atom. The van der Waals surface area contributed by atoms with Gasteiger partial charge in [0, 0.05) is 23.9 Å². The van der Waals surface area contributed by atoms with Crippen LogP contribution in [0.15, 0.2) is 18.2 Å². The second-order valence-electron chi connectivity index (χ2n) is 4.86. The molecule has 124 valence electrons. The van der Waals surface area contributed by atoms with Crippen LogP contribution in [0.5, 0.6) is 0 Å². The lowest BCUT2D eigenvalue weighted by molar-refractivity contribution is -0.148. The van der Waals surface area contributed by atoms with E-state index in [-0.39, 0.29) is 19.6 Å². The van der Waals surface area contributed by atoms with Crippen LogP contribution in [0.3, 0.4) is 0 Å². The molecule has 0 saturated heterocycles. The summed E-state index contributed by atoms with van der Waals surface area (Å²) in [5, 5.41) is 11.7. The molecule has 22 heavy (non-hydrogen) atoms. The first kappa shape index (κ1) is 18.7. The Balaban J connectivity index is 2.67. The third-order valence-corrected chi connectivity index (χ3v) is 3.35. The largest absolute Gasteiger partial charge is 0.401 e. The molecular formula is C14H18ClF3N2O2. The number of hydrogen-bond acceptors (Lipinski definition) is 3. The summed E-state index contributed by atoms with van der Waals surface area (Å²) in [6, 6.07) is 4.93. The first-order valence-corrected chi connectivity index (χ1v) is 7.05. The average Bonchev–Trinajstić information content (AvgIpc) is 2.39. The van der Waals surface area contributed by atoms with Crippen molar-refractivity contribution in [3.05, 3.63) is 28.8 Å². The monoisotopic (exact) mass is 338 g/mol. The maximum absolute atomic E-state index is 12.5. The van der Waals surface area contributed by atoms with Crippen LogP contribution in [-0.4, -0.2) is 48.3 Å². The van der Waals surface area contributed by atoms with E-state index in [0.717, 1.165) is 4.90 Å². The first-order chi connectivity index (χ1) is 10.2. The second kappa shape index (κ2) is 8.36. The van der Waals surface area contributed by atoms with Gasteiger partial charge in [-0.15, -0.1) is 0 Å². The zero-order valence-electron chi connectivity index (χ0n) is 12.1. The fourth-order valence-electron chi connectivity index (χ4n) is 1.90. The van der Waals surface area contributed by atoms with E-state index in [4.69, 9.17) is 16.7 Å². The number of carbonyl (C=O) groups is 1. The molecule has 0 spiro atoms. The summed E-state index contributed by atoms with van der Waals surface area (Å²) in [5.74, 6) is -0.562. The van der Waals surface area contributed by atoms with Crippen molar-refractivity contribution in [2.24, 2.45) is 0 Å². The lowest BCUT2D eigenvalue weighted by atomic mass is 10.2. The van der Waals surface area contributed by atoms with Crippen molar-refractivity contribution in [2.45, 2.75) is 19.5 Å². The maximum Gasteiger partial charge on any atom is 0.401 e. The van der Waals surface area contributed by atoms with Crippen molar-refractivity contribution < 1.29 is 23.1 Å². The van der Waals surface area contributed by atoms with Crippen LogP contribution >= 0.6 is 11.6 Å². The first-order valence-electron chi connectivity index (χ1n) is 6.68. The number of nitrogens with one attached hydrogen (secondary N) is 1. The number of alkyl halides is 3. The zero-order chi connectivity index (χ0) is 16.8. The van der Waals surface area contributed by atoms with Crippen LogP contribution in [0.1, 0.15) is 12.0 Å². The van der Waals surface area contributed by atoms with Gasteiger partial charge in [-0.1, -0.05) is 17.7 Å². The number of hydrogen-bond donors (Lipinski definition) is 2. The smallest absolute Gasteiger partial charge is 0.396 e. The summed E-state index contributed by atoms with van der Waals surface area (Å²) in [5.41, 5.74) is 1.11. The molecule has 0 radical (unpaired) electrons. The molecule has 2 N–H and O–H groups in total. The minimum Gasteiger partial charge on any atom is -0.396 e. The third-order valence-electron chi connectivity index (χ3n) is 2.94. The summed E-state index contributed by atoms with van der Waals surface area (Å²) in [4.78, 5) is 12.9. The molecular weight excluding hydrogens is 321 g/mol. The molecule has 0 fully saturated rings. The van der Waals surface area contributed by atoms with E-state index in [2.05, 4.69) is 5.32 Å². The van der Waals surface area contributed by atoms with Gasteiger partial charge in [0.05, 0.1) is 13.1 Å². The Hall–Kier alpha value is -1.31. The second-order valence-corrected chi connectivity index (χ2v) is 5.27. The van der Waals surface area contributed by atoms with Crippen molar-refractivity contribution in [3.8, 4) is 0 Å². The molecule has 0 heterocycles. The van der Waals surface area contributed by atoms with Crippen LogP contribution in [0.4, 0.5) is 18.9 Å². The molecule has 4 nitrogen and oxygen atoms in total. The molecule has 1 rings (SSSR count). The van der Waals surface area contributed by atoms with Crippen molar-refractivity contribution in [2.75, 3.05) is 31.6 Å². The Morgan fingerprint density at radius 1 is 1.41 bits per heavy atom. The van der Waals surface area contributed by atoms with Gasteiger partial charge in [0.15, 0.2) is 0 Å². The van der Waals surface area contributed by atoms with Crippen LogP contribution in [-0.2, 0) is 4.79 Å². The van der Waals surface area contributed by atoms with Gasteiger partial charge >= 0.3 is 6.18 Å². The number of anilines is 1. The number of halogens is 4. The molecule has 1 aromatic rings. The van der Waals surface area contributed by atoms with Crippen molar-refractivity contribution in [1.29, 1.82) is 0 Å². The fourth-order valence-corrected chi connectivity index (χ4v) is 2.07. The standard InChI is InChI=1S/C14H18ClF3N2O2/c1-10-11(15)4-2-5-12(10)19-13(22)8-20(6-3-7-21)9-14(16,17)18/h2,4-5,21H,3,6-9H2,1H3,(H,19,22).